The molecule has 0 radical (unpaired) electrons. The van der Waals surface area contributed by atoms with Gasteiger partial charge >= 0.3 is 0 Å². The number of aromatic nitrogens is 1. The summed E-state index contributed by atoms with van der Waals surface area (Å²) in [5.74, 6) is 0. The fourth-order valence-corrected chi connectivity index (χ4v) is 2.67. The Morgan fingerprint density at radius 3 is 2.60 bits per heavy atom. The van der Waals surface area contributed by atoms with Gasteiger partial charge in [0.1, 0.15) is 0 Å². The molecule has 1 aromatic heterocycles. The van der Waals surface area contributed by atoms with Crippen LogP contribution in [0.2, 0.25) is 0 Å². The van der Waals surface area contributed by atoms with Gasteiger partial charge in [-0.2, -0.15) is 0 Å². The van der Waals surface area contributed by atoms with Crippen molar-refractivity contribution in [2.24, 2.45) is 5.41 Å². The van der Waals surface area contributed by atoms with Crippen molar-refractivity contribution in [3.63, 3.8) is 0 Å². The largest absolute Gasteiger partial charge is 0.309 e. The van der Waals surface area contributed by atoms with Gasteiger partial charge in [-0.15, -0.1) is 0 Å². The molecule has 1 heterocycles. The topological polar surface area (TPSA) is 24.9 Å². The summed E-state index contributed by atoms with van der Waals surface area (Å²) in [6.45, 7) is 10.2. The van der Waals surface area contributed by atoms with Crippen LogP contribution in [0, 0.1) is 5.41 Å². The van der Waals surface area contributed by atoms with Crippen molar-refractivity contribution in [1.29, 1.82) is 0 Å². The Bertz CT molecular complexity index is 555. The van der Waals surface area contributed by atoms with Crippen LogP contribution in [0.15, 0.2) is 36.7 Å². The maximum Gasteiger partial charge on any atom is 0.0393 e. The van der Waals surface area contributed by atoms with Crippen molar-refractivity contribution in [2.75, 3.05) is 6.54 Å². The third-order valence-corrected chi connectivity index (χ3v) is 4.30. The Morgan fingerprint density at radius 1 is 1.15 bits per heavy atom. The van der Waals surface area contributed by atoms with Gasteiger partial charge in [-0.05, 0) is 35.8 Å². The van der Waals surface area contributed by atoms with Crippen LogP contribution < -0.4 is 5.32 Å². The molecule has 1 unspecified atom stereocenters. The molecule has 108 valence electrons. The molecule has 2 heteroatoms. The standard InChI is InChI=1S/C18H26N2/c1-5-11-20-17(18(3,4)6-2)16-13-19-12-14-9-7-8-10-15(14)16/h7-10,12-13,17,20H,5-6,11H2,1-4H3. The number of hydrogen-bond donors (Lipinski definition) is 1. The van der Waals surface area contributed by atoms with E-state index in [1.807, 2.05) is 12.4 Å². The second-order valence-electron chi connectivity index (χ2n) is 6.18. The summed E-state index contributed by atoms with van der Waals surface area (Å²) in [5.41, 5.74) is 1.53. The first-order valence-corrected chi connectivity index (χ1v) is 7.66. The van der Waals surface area contributed by atoms with Crippen molar-refractivity contribution in [3.8, 4) is 0 Å². The molecule has 0 aliphatic rings. The molecule has 1 atom stereocenters. The molecule has 0 saturated carbocycles. The quantitative estimate of drug-likeness (QED) is 0.822. The van der Waals surface area contributed by atoms with Crippen molar-refractivity contribution in [3.05, 3.63) is 42.2 Å². The first kappa shape index (κ1) is 15.0. The highest BCUT2D eigenvalue weighted by Gasteiger charge is 2.29. The molecule has 0 aliphatic heterocycles. The summed E-state index contributed by atoms with van der Waals surface area (Å²) in [6.07, 6.45) is 6.27. The summed E-state index contributed by atoms with van der Waals surface area (Å²) >= 11 is 0. The number of nitrogens with one attached hydrogen (secondary N) is 1. The van der Waals surface area contributed by atoms with Gasteiger partial charge in [0.05, 0.1) is 0 Å². The highest BCUT2D eigenvalue weighted by atomic mass is 14.9. The minimum atomic E-state index is 0.209. The summed E-state index contributed by atoms with van der Waals surface area (Å²) in [6, 6.07) is 8.88. The Morgan fingerprint density at radius 2 is 1.90 bits per heavy atom. The van der Waals surface area contributed by atoms with E-state index in [1.165, 1.54) is 16.3 Å². The van der Waals surface area contributed by atoms with Crippen LogP contribution >= 0.6 is 0 Å². The molecule has 0 aliphatic carbocycles. The smallest absolute Gasteiger partial charge is 0.0393 e. The summed E-state index contributed by atoms with van der Waals surface area (Å²) in [7, 11) is 0. The first-order valence-electron chi connectivity index (χ1n) is 7.66. The lowest BCUT2D eigenvalue weighted by atomic mass is 9.77. The monoisotopic (exact) mass is 270 g/mol. The fraction of sp³-hybridized carbons (Fsp3) is 0.500. The molecular formula is C18H26N2. The average Bonchev–Trinajstić information content (AvgIpc) is 2.47. The van der Waals surface area contributed by atoms with Crippen LogP contribution in [0.3, 0.4) is 0 Å². The Kier molecular flexibility index (Phi) is 4.77. The third-order valence-electron chi connectivity index (χ3n) is 4.30. The second-order valence-corrected chi connectivity index (χ2v) is 6.18. The van der Waals surface area contributed by atoms with Crippen LogP contribution in [-0.4, -0.2) is 11.5 Å². The summed E-state index contributed by atoms with van der Waals surface area (Å²) in [4.78, 5) is 4.45. The molecule has 1 aromatic carbocycles. The van der Waals surface area contributed by atoms with E-state index in [-0.39, 0.29) is 5.41 Å². The number of nitrogens with zero attached hydrogens (tertiary/aromatic N) is 1. The van der Waals surface area contributed by atoms with E-state index in [0.29, 0.717) is 6.04 Å². The first-order chi connectivity index (χ1) is 9.60. The van der Waals surface area contributed by atoms with E-state index in [4.69, 9.17) is 0 Å². The van der Waals surface area contributed by atoms with E-state index < -0.39 is 0 Å². The van der Waals surface area contributed by atoms with Gasteiger partial charge in [0.25, 0.3) is 0 Å². The van der Waals surface area contributed by atoms with Crippen LogP contribution in [0.5, 0.6) is 0 Å². The summed E-state index contributed by atoms with van der Waals surface area (Å²) in [5, 5.41) is 6.27. The van der Waals surface area contributed by atoms with E-state index in [9.17, 15) is 0 Å². The minimum Gasteiger partial charge on any atom is -0.309 e. The zero-order valence-corrected chi connectivity index (χ0v) is 13.1. The number of hydrogen-bond acceptors (Lipinski definition) is 2. The Labute approximate surface area is 122 Å². The third kappa shape index (κ3) is 3.01. The van der Waals surface area contributed by atoms with Crippen LogP contribution in [-0.2, 0) is 0 Å². The molecule has 2 rings (SSSR count). The van der Waals surface area contributed by atoms with Gasteiger partial charge in [0.15, 0.2) is 0 Å². The zero-order valence-electron chi connectivity index (χ0n) is 13.1. The zero-order chi connectivity index (χ0) is 14.6. The predicted molar refractivity (Wildman–Crippen MR) is 86.8 cm³/mol. The van der Waals surface area contributed by atoms with Gasteiger partial charge < -0.3 is 5.32 Å². The highest BCUT2D eigenvalue weighted by Crippen LogP contribution is 2.38. The lowest BCUT2D eigenvalue weighted by Crippen LogP contribution is -2.34. The molecule has 0 amide bonds. The van der Waals surface area contributed by atoms with Crippen molar-refractivity contribution >= 4 is 10.8 Å². The van der Waals surface area contributed by atoms with Crippen LogP contribution in [0.1, 0.15) is 52.1 Å². The van der Waals surface area contributed by atoms with E-state index in [0.717, 1.165) is 19.4 Å². The molecule has 1 N–H and O–H groups in total. The highest BCUT2D eigenvalue weighted by molar-refractivity contribution is 5.85. The Balaban J connectivity index is 2.50. The normalized spacial score (nSPS) is 13.6. The van der Waals surface area contributed by atoms with E-state index >= 15 is 0 Å². The Hall–Kier alpha value is -1.41. The van der Waals surface area contributed by atoms with Gasteiger partial charge in [-0.25, -0.2) is 0 Å². The average molecular weight is 270 g/mol. The molecule has 20 heavy (non-hydrogen) atoms. The number of fused-ring (bicyclic) bond motifs is 1. The molecular weight excluding hydrogens is 244 g/mol. The van der Waals surface area contributed by atoms with Gasteiger partial charge in [-0.3, -0.25) is 4.98 Å². The number of rotatable bonds is 6. The molecule has 2 aromatic rings. The lowest BCUT2D eigenvalue weighted by molar-refractivity contribution is 0.235. The number of pyridine rings is 1. The predicted octanol–water partition coefficient (Wildman–Crippen LogP) is 4.71. The molecule has 2 nitrogen and oxygen atoms in total. The maximum absolute atomic E-state index is 4.45. The molecule has 0 bridgehead atoms. The van der Waals surface area contributed by atoms with E-state index in [2.05, 4.69) is 62.3 Å². The van der Waals surface area contributed by atoms with Gasteiger partial charge in [0.2, 0.25) is 0 Å². The van der Waals surface area contributed by atoms with Gasteiger partial charge in [-0.1, -0.05) is 52.0 Å². The fourth-order valence-electron chi connectivity index (χ4n) is 2.67. The van der Waals surface area contributed by atoms with Crippen LogP contribution in [0.4, 0.5) is 0 Å². The van der Waals surface area contributed by atoms with Crippen LogP contribution in [0.25, 0.3) is 10.8 Å². The van der Waals surface area contributed by atoms with E-state index in [1.54, 1.807) is 0 Å². The summed E-state index contributed by atoms with van der Waals surface area (Å²) < 4.78 is 0. The lowest BCUT2D eigenvalue weighted by Gasteiger charge is -2.35. The maximum atomic E-state index is 4.45. The van der Waals surface area contributed by atoms with Crippen molar-refractivity contribution in [2.45, 2.75) is 46.6 Å². The second kappa shape index (κ2) is 6.36. The minimum absolute atomic E-state index is 0.209. The molecule has 0 spiro atoms. The van der Waals surface area contributed by atoms with Crippen molar-refractivity contribution in [1.82, 2.24) is 10.3 Å². The SMILES string of the molecule is CCCNC(c1cncc2ccccc12)C(C)(C)CC. The number of benzene rings is 1. The van der Waals surface area contributed by atoms with Gasteiger partial charge in [0, 0.05) is 23.8 Å². The molecule has 0 saturated heterocycles. The molecule has 0 fully saturated rings. The van der Waals surface area contributed by atoms with Crippen molar-refractivity contribution < 1.29 is 0 Å².